The van der Waals surface area contributed by atoms with E-state index in [0.717, 1.165) is 29.6 Å². The van der Waals surface area contributed by atoms with E-state index in [0.29, 0.717) is 11.7 Å². The molecule has 1 heterocycles. The molecular weight excluding hydrogens is 302 g/mol. The van der Waals surface area contributed by atoms with Crippen molar-refractivity contribution in [3.8, 4) is 0 Å². The molecule has 0 amide bonds. The van der Waals surface area contributed by atoms with E-state index in [4.69, 9.17) is 11.7 Å². The van der Waals surface area contributed by atoms with E-state index in [2.05, 4.69) is 46.6 Å². The van der Waals surface area contributed by atoms with Gasteiger partial charge in [-0.2, -0.15) is 5.10 Å². The maximum Gasteiger partial charge on any atom is 0.158 e. The highest BCUT2D eigenvalue weighted by Gasteiger charge is 2.21. The molecule has 0 spiro atoms. The van der Waals surface area contributed by atoms with Crippen LogP contribution in [-0.4, -0.2) is 21.8 Å². The molecule has 2 aromatic rings. The molecule has 7 nitrogen and oxygen atoms in total. The van der Waals surface area contributed by atoms with Gasteiger partial charge in [-0.25, -0.2) is 15.8 Å². The smallest absolute Gasteiger partial charge is 0.158 e. The summed E-state index contributed by atoms with van der Waals surface area (Å²) in [6, 6.07) is 7.74. The number of nitrogens with zero attached hydrogens (tertiary/aromatic N) is 3. The van der Waals surface area contributed by atoms with Crippen LogP contribution in [0.1, 0.15) is 39.4 Å². The molecule has 0 saturated carbocycles. The van der Waals surface area contributed by atoms with Crippen LogP contribution in [0.5, 0.6) is 0 Å². The van der Waals surface area contributed by atoms with Gasteiger partial charge in [-0.3, -0.25) is 0 Å². The van der Waals surface area contributed by atoms with Crippen molar-refractivity contribution in [2.75, 3.05) is 5.32 Å². The van der Waals surface area contributed by atoms with E-state index < -0.39 is 0 Å². The second-order valence-electron chi connectivity index (χ2n) is 7.09. The third-order valence-electron chi connectivity index (χ3n) is 3.83. The summed E-state index contributed by atoms with van der Waals surface area (Å²) < 4.78 is 0. The minimum absolute atomic E-state index is 0.156. The number of aryl methyl sites for hydroxylation is 1. The normalized spacial score (nSPS) is 13.8. The first kappa shape index (κ1) is 17.9. The zero-order chi connectivity index (χ0) is 17.7. The minimum atomic E-state index is -0.156. The van der Waals surface area contributed by atoms with E-state index in [1.54, 1.807) is 0 Å². The lowest BCUT2D eigenvalue weighted by Gasteiger charge is -2.25. The van der Waals surface area contributed by atoms with Crippen LogP contribution in [0.25, 0.3) is 10.9 Å². The topological polar surface area (TPSA) is 114 Å². The van der Waals surface area contributed by atoms with Crippen molar-refractivity contribution in [3.63, 3.8) is 0 Å². The fourth-order valence-corrected chi connectivity index (χ4v) is 2.55. The predicted octanol–water partition coefficient (Wildman–Crippen LogP) is 2.28. The molecule has 0 aliphatic rings. The minimum Gasteiger partial charge on any atom is -0.359 e. The van der Waals surface area contributed by atoms with Crippen molar-refractivity contribution in [2.45, 2.75) is 46.6 Å². The highest BCUT2D eigenvalue weighted by atomic mass is 15.3. The van der Waals surface area contributed by atoms with Crippen molar-refractivity contribution in [1.82, 2.24) is 15.4 Å². The average molecular weight is 329 g/mol. The summed E-state index contributed by atoms with van der Waals surface area (Å²) in [5, 5.41) is 8.17. The van der Waals surface area contributed by atoms with Gasteiger partial charge in [0.1, 0.15) is 11.6 Å². The monoisotopic (exact) mass is 329 g/mol. The van der Waals surface area contributed by atoms with Crippen LogP contribution in [0.15, 0.2) is 29.4 Å². The van der Waals surface area contributed by atoms with E-state index in [-0.39, 0.29) is 11.5 Å². The number of aromatic nitrogens is 2. The van der Waals surface area contributed by atoms with E-state index in [1.807, 2.05) is 31.2 Å². The van der Waals surface area contributed by atoms with Crippen LogP contribution < -0.4 is 22.4 Å². The van der Waals surface area contributed by atoms with E-state index in [1.165, 1.54) is 0 Å². The van der Waals surface area contributed by atoms with Gasteiger partial charge in [-0.15, -0.1) is 0 Å². The first-order chi connectivity index (χ1) is 11.3. The van der Waals surface area contributed by atoms with Crippen LogP contribution in [0, 0.1) is 12.3 Å². The summed E-state index contributed by atoms with van der Waals surface area (Å²) >= 11 is 0. The van der Waals surface area contributed by atoms with Gasteiger partial charge < -0.3 is 16.6 Å². The molecule has 1 unspecified atom stereocenters. The number of amidine groups is 1. The first-order valence-electron chi connectivity index (χ1n) is 8.08. The van der Waals surface area contributed by atoms with Gasteiger partial charge in [0.25, 0.3) is 0 Å². The Morgan fingerprint density at radius 1 is 1.25 bits per heavy atom. The van der Waals surface area contributed by atoms with Gasteiger partial charge in [0.05, 0.1) is 11.6 Å². The molecule has 2 rings (SSSR count). The maximum atomic E-state index is 5.59. The molecule has 130 valence electrons. The second kappa shape index (κ2) is 7.44. The van der Waals surface area contributed by atoms with Gasteiger partial charge in [0.15, 0.2) is 5.84 Å². The molecule has 6 N–H and O–H groups in total. The lowest BCUT2D eigenvalue weighted by atomic mass is 9.88. The zero-order valence-electron chi connectivity index (χ0n) is 14.8. The summed E-state index contributed by atoms with van der Waals surface area (Å²) in [5.41, 5.74) is 3.68. The summed E-state index contributed by atoms with van der Waals surface area (Å²) in [5.74, 6) is 13.0. The number of nitrogens with two attached hydrogens (primary N) is 2. The lowest BCUT2D eigenvalue weighted by molar-refractivity contribution is 0.363. The molecule has 24 heavy (non-hydrogen) atoms. The Kier molecular flexibility index (Phi) is 5.56. The number of nitrogens with one attached hydrogen (secondary N) is 2. The second-order valence-corrected chi connectivity index (χ2v) is 7.09. The van der Waals surface area contributed by atoms with Crippen molar-refractivity contribution in [3.05, 3.63) is 30.1 Å². The fraction of sp³-hybridized carbons (Fsp3) is 0.471. The van der Waals surface area contributed by atoms with Gasteiger partial charge in [-0.05, 0) is 37.3 Å². The van der Waals surface area contributed by atoms with Crippen LogP contribution in [0.2, 0.25) is 0 Å². The Hall–Kier alpha value is -2.41. The standard InChI is InChI=1S/C17H27N7/c1-11-20-13-8-6-5-7-12(13)15(21-11)22-14(16(23-18)24-19)9-10-17(2,3)4/h5-8,14H,9-10,18-19H2,1-4H3,(H,23,24)(H,20,21,22). The van der Waals surface area contributed by atoms with Gasteiger partial charge >= 0.3 is 0 Å². The number of hydrazone groups is 1. The summed E-state index contributed by atoms with van der Waals surface area (Å²) in [6.45, 7) is 8.47. The lowest BCUT2D eigenvalue weighted by Crippen LogP contribution is -2.44. The van der Waals surface area contributed by atoms with Crippen molar-refractivity contribution in [1.29, 1.82) is 0 Å². The Morgan fingerprint density at radius 2 is 1.96 bits per heavy atom. The number of rotatable bonds is 5. The number of hydrogen-bond acceptors (Lipinski definition) is 6. The van der Waals surface area contributed by atoms with Gasteiger partial charge in [0, 0.05) is 5.39 Å². The largest absolute Gasteiger partial charge is 0.359 e. The van der Waals surface area contributed by atoms with Crippen molar-refractivity contribution < 1.29 is 0 Å². The highest BCUT2D eigenvalue weighted by Crippen LogP contribution is 2.25. The molecule has 0 aliphatic carbocycles. The number of anilines is 1. The summed E-state index contributed by atoms with van der Waals surface area (Å²) in [6.07, 6.45) is 1.80. The van der Waals surface area contributed by atoms with Crippen LogP contribution in [-0.2, 0) is 0 Å². The number of hydrazine groups is 1. The highest BCUT2D eigenvalue weighted by molar-refractivity contribution is 5.93. The van der Waals surface area contributed by atoms with Gasteiger partial charge in [0.2, 0.25) is 0 Å². The maximum absolute atomic E-state index is 5.59. The molecule has 0 saturated heterocycles. The number of fused-ring (bicyclic) bond motifs is 1. The molecule has 7 heteroatoms. The zero-order valence-corrected chi connectivity index (χ0v) is 14.8. The number of hydrogen-bond donors (Lipinski definition) is 4. The summed E-state index contributed by atoms with van der Waals surface area (Å²) in [7, 11) is 0. The molecule has 1 atom stereocenters. The summed E-state index contributed by atoms with van der Waals surface area (Å²) in [4.78, 5) is 9.02. The Morgan fingerprint density at radius 3 is 2.58 bits per heavy atom. The fourth-order valence-electron chi connectivity index (χ4n) is 2.55. The SMILES string of the molecule is Cc1nc(NC(CCC(C)(C)C)/C(=N/N)NN)c2ccccc2n1. The molecule has 0 aliphatic heterocycles. The van der Waals surface area contributed by atoms with Crippen LogP contribution in [0.4, 0.5) is 5.82 Å². The van der Waals surface area contributed by atoms with Crippen LogP contribution in [0.3, 0.4) is 0 Å². The van der Waals surface area contributed by atoms with E-state index >= 15 is 0 Å². The Bertz CT molecular complexity index is 718. The molecule has 0 bridgehead atoms. The van der Waals surface area contributed by atoms with Crippen molar-refractivity contribution in [2.24, 2.45) is 22.2 Å². The molecule has 0 fully saturated rings. The van der Waals surface area contributed by atoms with Gasteiger partial charge in [-0.1, -0.05) is 32.9 Å². The quantitative estimate of drug-likeness (QED) is 0.290. The molecule has 1 aromatic carbocycles. The third-order valence-corrected chi connectivity index (χ3v) is 3.83. The Balaban J connectivity index is 2.35. The third kappa shape index (κ3) is 4.55. The predicted molar refractivity (Wildman–Crippen MR) is 99.3 cm³/mol. The van der Waals surface area contributed by atoms with Crippen LogP contribution >= 0.6 is 0 Å². The number of para-hydroxylation sites is 1. The average Bonchev–Trinajstić information content (AvgIpc) is 2.52. The molecular formula is C17H27N7. The molecule has 0 radical (unpaired) electrons. The van der Waals surface area contributed by atoms with E-state index in [9.17, 15) is 0 Å². The molecule has 1 aromatic heterocycles. The number of benzene rings is 1. The first-order valence-corrected chi connectivity index (χ1v) is 8.08. The Labute approximate surface area is 142 Å². The van der Waals surface area contributed by atoms with Crippen molar-refractivity contribution >= 4 is 22.6 Å².